The van der Waals surface area contributed by atoms with Crippen LogP contribution in [-0.4, -0.2) is 31.4 Å². The van der Waals surface area contributed by atoms with Crippen molar-refractivity contribution >= 4 is 17.5 Å². The summed E-state index contributed by atoms with van der Waals surface area (Å²) in [5, 5.41) is 17.7. The molecule has 1 aromatic carbocycles. The van der Waals surface area contributed by atoms with Crippen LogP contribution in [0.4, 0.5) is 0 Å². The van der Waals surface area contributed by atoms with Crippen LogP contribution >= 0.6 is 11.8 Å². The number of Topliss-reactive ketones (excluding diaryl/α,β-unsaturated/α-hetero) is 1. The lowest BCUT2D eigenvalue weighted by atomic mass is 9.90. The molecule has 0 aliphatic rings. The molecule has 0 atom stereocenters. The van der Waals surface area contributed by atoms with E-state index in [1.807, 2.05) is 12.1 Å². The van der Waals surface area contributed by atoms with Gasteiger partial charge >= 0.3 is 0 Å². The van der Waals surface area contributed by atoms with Crippen molar-refractivity contribution in [2.75, 3.05) is 5.75 Å². The first-order valence-corrected chi connectivity index (χ1v) is 9.12. The van der Waals surface area contributed by atoms with E-state index in [9.17, 15) is 4.79 Å². The third-order valence-corrected chi connectivity index (χ3v) is 5.08. The second kappa shape index (κ2) is 7.94. The number of hydrogen-bond acceptors (Lipinski definition) is 5. The smallest absolute Gasteiger partial charge is 0.191 e. The lowest BCUT2D eigenvalue weighted by molar-refractivity contribution is 0.102. The van der Waals surface area contributed by atoms with E-state index in [0.717, 1.165) is 11.1 Å². The Hall–Kier alpha value is -1.66. The van der Waals surface area contributed by atoms with Gasteiger partial charge in [-0.25, -0.2) is 0 Å². The van der Waals surface area contributed by atoms with E-state index in [0.29, 0.717) is 28.6 Å². The number of carbonyl (C=O) groups is 1. The zero-order chi connectivity index (χ0) is 17.9. The van der Waals surface area contributed by atoms with Crippen molar-refractivity contribution in [2.45, 2.75) is 51.3 Å². The Balaban J connectivity index is 2.18. The minimum atomic E-state index is -0.161. The Bertz CT molecular complexity index is 723. The van der Waals surface area contributed by atoms with Gasteiger partial charge in [0.1, 0.15) is 6.61 Å². The molecule has 5 nitrogen and oxygen atoms in total. The summed E-state index contributed by atoms with van der Waals surface area (Å²) in [7, 11) is 1.79. The molecule has 1 heterocycles. The SMILES string of the molecule is CC(C)c1ccc(C(=O)CSc2nnc(CO)n2C)c(C(C)C)c1. The Labute approximate surface area is 147 Å². The summed E-state index contributed by atoms with van der Waals surface area (Å²) in [5.41, 5.74) is 3.14. The van der Waals surface area contributed by atoms with Crippen LogP contribution < -0.4 is 0 Å². The largest absolute Gasteiger partial charge is 0.388 e. The Kier molecular flexibility index (Phi) is 6.18. The summed E-state index contributed by atoms with van der Waals surface area (Å²) in [5.74, 6) is 1.62. The number of aliphatic hydroxyl groups is 1. The second-order valence-corrected chi connectivity index (χ2v) is 7.43. The quantitative estimate of drug-likeness (QED) is 0.613. The number of thioether (sulfide) groups is 1. The highest BCUT2D eigenvalue weighted by atomic mass is 32.2. The van der Waals surface area contributed by atoms with Crippen LogP contribution in [0.15, 0.2) is 23.4 Å². The molecule has 0 aliphatic carbocycles. The molecule has 6 heteroatoms. The predicted octanol–water partition coefficient (Wildman–Crippen LogP) is 3.53. The third-order valence-electron chi connectivity index (χ3n) is 4.06. The van der Waals surface area contributed by atoms with Crippen LogP contribution in [0.5, 0.6) is 0 Å². The molecule has 2 aromatic rings. The summed E-state index contributed by atoms with van der Waals surface area (Å²) in [6.07, 6.45) is 0. The first kappa shape index (κ1) is 18.7. The highest BCUT2D eigenvalue weighted by Crippen LogP contribution is 2.27. The highest BCUT2D eigenvalue weighted by molar-refractivity contribution is 7.99. The summed E-state index contributed by atoms with van der Waals surface area (Å²) in [6.45, 7) is 8.37. The molecule has 24 heavy (non-hydrogen) atoms. The van der Waals surface area contributed by atoms with Crippen molar-refractivity contribution in [2.24, 2.45) is 7.05 Å². The van der Waals surface area contributed by atoms with Crippen LogP contribution in [0.3, 0.4) is 0 Å². The topological polar surface area (TPSA) is 68.0 Å². The standard InChI is InChI=1S/C18H25N3O2S/c1-11(2)13-6-7-14(15(8-13)12(3)4)16(23)10-24-18-20-19-17(9-22)21(18)5/h6-8,11-12,22H,9-10H2,1-5H3. The summed E-state index contributed by atoms with van der Waals surface area (Å²) < 4.78 is 1.71. The fourth-order valence-corrected chi connectivity index (χ4v) is 3.30. The number of benzene rings is 1. The maximum Gasteiger partial charge on any atom is 0.191 e. The predicted molar refractivity (Wildman–Crippen MR) is 96.6 cm³/mol. The van der Waals surface area contributed by atoms with Crippen molar-refractivity contribution in [1.82, 2.24) is 14.8 Å². The van der Waals surface area contributed by atoms with Gasteiger partial charge < -0.3 is 9.67 Å². The van der Waals surface area contributed by atoms with Gasteiger partial charge in [-0.15, -0.1) is 10.2 Å². The maximum absolute atomic E-state index is 12.7. The minimum absolute atomic E-state index is 0.0903. The van der Waals surface area contributed by atoms with Crippen LogP contribution in [0.2, 0.25) is 0 Å². The average Bonchev–Trinajstić information content (AvgIpc) is 2.91. The summed E-state index contributed by atoms with van der Waals surface area (Å²) in [4.78, 5) is 12.7. The first-order valence-electron chi connectivity index (χ1n) is 8.14. The van der Waals surface area contributed by atoms with Gasteiger partial charge in [0.05, 0.1) is 5.75 Å². The second-order valence-electron chi connectivity index (χ2n) is 6.48. The van der Waals surface area contributed by atoms with Gasteiger partial charge in [-0.05, 0) is 23.0 Å². The van der Waals surface area contributed by atoms with Crippen molar-refractivity contribution in [1.29, 1.82) is 0 Å². The fraction of sp³-hybridized carbons (Fsp3) is 0.500. The molecule has 130 valence electrons. The molecule has 0 aliphatic heterocycles. The van der Waals surface area contributed by atoms with E-state index in [-0.39, 0.29) is 12.4 Å². The van der Waals surface area contributed by atoms with E-state index >= 15 is 0 Å². The van der Waals surface area contributed by atoms with E-state index in [2.05, 4.69) is 44.0 Å². The van der Waals surface area contributed by atoms with Crippen LogP contribution in [0.25, 0.3) is 0 Å². The molecule has 0 spiro atoms. The van der Waals surface area contributed by atoms with E-state index in [1.165, 1.54) is 17.3 Å². The zero-order valence-electron chi connectivity index (χ0n) is 14.9. The van der Waals surface area contributed by atoms with Gasteiger partial charge in [0.25, 0.3) is 0 Å². The van der Waals surface area contributed by atoms with E-state index in [4.69, 9.17) is 5.11 Å². The normalized spacial score (nSPS) is 11.5. The molecule has 0 unspecified atom stereocenters. The molecule has 1 aromatic heterocycles. The number of carbonyl (C=O) groups excluding carboxylic acids is 1. The van der Waals surface area contributed by atoms with E-state index in [1.54, 1.807) is 11.6 Å². The molecule has 0 bridgehead atoms. The minimum Gasteiger partial charge on any atom is -0.388 e. The first-order chi connectivity index (χ1) is 11.3. The van der Waals surface area contributed by atoms with Gasteiger partial charge in [-0.3, -0.25) is 4.79 Å². The van der Waals surface area contributed by atoms with Gasteiger partial charge in [0, 0.05) is 12.6 Å². The lowest BCUT2D eigenvalue weighted by Gasteiger charge is -2.15. The average molecular weight is 347 g/mol. The number of nitrogens with zero attached hydrogens (tertiary/aromatic N) is 3. The van der Waals surface area contributed by atoms with Gasteiger partial charge in [0.15, 0.2) is 16.8 Å². The molecule has 0 radical (unpaired) electrons. The lowest BCUT2D eigenvalue weighted by Crippen LogP contribution is -2.09. The molecular weight excluding hydrogens is 322 g/mol. The number of rotatable bonds is 7. The number of aliphatic hydroxyl groups excluding tert-OH is 1. The third kappa shape index (κ3) is 4.05. The van der Waals surface area contributed by atoms with Crippen molar-refractivity contribution in [3.63, 3.8) is 0 Å². The van der Waals surface area contributed by atoms with E-state index < -0.39 is 0 Å². The van der Waals surface area contributed by atoms with Crippen molar-refractivity contribution in [3.05, 3.63) is 40.7 Å². The molecule has 0 saturated heterocycles. The van der Waals surface area contributed by atoms with Gasteiger partial charge in [-0.1, -0.05) is 57.7 Å². The Morgan fingerprint density at radius 1 is 1.21 bits per heavy atom. The van der Waals surface area contributed by atoms with Crippen LogP contribution in [0.1, 0.15) is 66.8 Å². The molecule has 1 N–H and O–H groups in total. The maximum atomic E-state index is 12.7. The fourth-order valence-electron chi connectivity index (χ4n) is 2.49. The summed E-state index contributed by atoms with van der Waals surface area (Å²) in [6, 6.07) is 6.14. The monoisotopic (exact) mass is 347 g/mol. The highest BCUT2D eigenvalue weighted by Gasteiger charge is 2.17. The van der Waals surface area contributed by atoms with Crippen molar-refractivity contribution < 1.29 is 9.90 Å². The number of aromatic nitrogens is 3. The summed E-state index contributed by atoms with van der Waals surface area (Å²) >= 11 is 1.35. The molecule has 0 amide bonds. The number of ketones is 1. The van der Waals surface area contributed by atoms with Gasteiger partial charge in [-0.2, -0.15) is 0 Å². The Morgan fingerprint density at radius 3 is 2.46 bits per heavy atom. The molecule has 2 rings (SSSR count). The molecule has 0 fully saturated rings. The molecular formula is C18H25N3O2S. The van der Waals surface area contributed by atoms with Crippen molar-refractivity contribution in [3.8, 4) is 0 Å². The van der Waals surface area contributed by atoms with Crippen LogP contribution in [0, 0.1) is 0 Å². The van der Waals surface area contributed by atoms with Gasteiger partial charge in [0.2, 0.25) is 0 Å². The Morgan fingerprint density at radius 2 is 1.92 bits per heavy atom. The number of hydrogen-bond donors (Lipinski definition) is 1. The van der Waals surface area contributed by atoms with Crippen LogP contribution in [-0.2, 0) is 13.7 Å². The molecule has 0 saturated carbocycles. The zero-order valence-corrected chi connectivity index (χ0v) is 15.7.